The number of nitrogens with zero attached hydrogens (tertiary/aromatic N) is 5. The summed E-state index contributed by atoms with van der Waals surface area (Å²) in [5.74, 6) is 0.480. The van der Waals surface area contributed by atoms with E-state index in [4.69, 9.17) is 5.11 Å². The predicted molar refractivity (Wildman–Crippen MR) is 138 cm³/mol. The van der Waals surface area contributed by atoms with Crippen molar-refractivity contribution in [3.05, 3.63) is 53.6 Å². The molecule has 1 aliphatic rings. The summed E-state index contributed by atoms with van der Waals surface area (Å²) in [5, 5.41) is 21.0. The van der Waals surface area contributed by atoms with Gasteiger partial charge in [0, 0.05) is 62.6 Å². The number of β-amino-alcohol motifs (C(OH)–C–C–N with tert-alkyl or cyclic N) is 1. The normalized spacial score (nSPS) is 14.6. The number of fused-ring (bicyclic) bond motifs is 1. The van der Waals surface area contributed by atoms with Crippen molar-refractivity contribution in [3.63, 3.8) is 0 Å². The number of aromatic nitrogens is 5. The zero-order valence-corrected chi connectivity index (χ0v) is 20.7. The molecule has 1 aromatic carbocycles. The number of nitrogens with one attached hydrogen (secondary N) is 3. The third-order valence-electron chi connectivity index (χ3n) is 6.87. The molecule has 36 heavy (non-hydrogen) atoms. The van der Waals surface area contributed by atoms with E-state index in [1.807, 2.05) is 23.4 Å². The SMILES string of the molecule is CCNCc1cncc(-c2ccc3[nH]nc(-c4ncc(C(=O)N5CCN(CCO)CC5)[nH]4)c3c2)c1C. The number of aliphatic hydroxyl groups excluding tert-OH is 1. The standard InChI is InChI=1S/C26H32N8O2/c1-3-27-13-19-14-28-15-21(17(19)2)18-4-5-22-20(12-18)24(32-31-22)25-29-16-23(30-25)26(36)34-8-6-33(7-9-34)10-11-35/h4-5,12,14-16,27,35H,3,6-11,13H2,1-2H3,(H,29,30)(H,31,32). The first kappa shape index (κ1) is 24.1. The fourth-order valence-electron chi connectivity index (χ4n) is 4.70. The van der Waals surface area contributed by atoms with Crippen LogP contribution in [0.15, 0.2) is 36.8 Å². The Bertz CT molecular complexity index is 1350. The summed E-state index contributed by atoms with van der Waals surface area (Å²) in [6.07, 6.45) is 5.40. The van der Waals surface area contributed by atoms with Gasteiger partial charge in [0.15, 0.2) is 5.82 Å². The first-order chi connectivity index (χ1) is 17.6. The molecule has 1 aliphatic heterocycles. The van der Waals surface area contributed by atoms with Crippen LogP contribution in [0.2, 0.25) is 0 Å². The van der Waals surface area contributed by atoms with Crippen LogP contribution in [-0.4, -0.2) is 91.8 Å². The van der Waals surface area contributed by atoms with Crippen LogP contribution in [0.3, 0.4) is 0 Å². The fourth-order valence-corrected chi connectivity index (χ4v) is 4.70. The molecule has 3 aromatic heterocycles. The van der Waals surface area contributed by atoms with E-state index in [9.17, 15) is 4.79 Å². The average molecular weight is 489 g/mol. The number of imidazole rings is 1. The van der Waals surface area contributed by atoms with Gasteiger partial charge in [-0.05, 0) is 42.3 Å². The van der Waals surface area contributed by atoms with Crippen molar-refractivity contribution in [1.82, 2.24) is 40.3 Å². The lowest BCUT2D eigenvalue weighted by Crippen LogP contribution is -2.49. The van der Waals surface area contributed by atoms with Crippen molar-refractivity contribution >= 4 is 16.8 Å². The Morgan fingerprint density at radius 1 is 1.17 bits per heavy atom. The van der Waals surface area contributed by atoms with Crippen LogP contribution in [0.5, 0.6) is 0 Å². The zero-order valence-electron chi connectivity index (χ0n) is 20.7. The molecular formula is C26H32N8O2. The maximum atomic E-state index is 13.0. The Hall–Kier alpha value is -3.60. The quantitative estimate of drug-likeness (QED) is 0.299. The summed E-state index contributed by atoms with van der Waals surface area (Å²) < 4.78 is 0. The Kier molecular flexibility index (Phi) is 7.08. The van der Waals surface area contributed by atoms with Gasteiger partial charge in [-0.2, -0.15) is 5.10 Å². The van der Waals surface area contributed by atoms with E-state index in [-0.39, 0.29) is 12.5 Å². The Labute approximate surface area is 209 Å². The summed E-state index contributed by atoms with van der Waals surface area (Å²) in [4.78, 5) is 29.2. The molecule has 0 saturated carbocycles. The number of pyridine rings is 1. The average Bonchev–Trinajstić information content (AvgIpc) is 3.55. The van der Waals surface area contributed by atoms with E-state index in [2.05, 4.69) is 61.3 Å². The van der Waals surface area contributed by atoms with Crippen LogP contribution in [0.25, 0.3) is 33.5 Å². The molecule has 188 valence electrons. The molecule has 5 rings (SSSR count). The van der Waals surface area contributed by atoms with E-state index >= 15 is 0 Å². The third kappa shape index (κ3) is 4.75. The highest BCUT2D eigenvalue weighted by Crippen LogP contribution is 2.31. The van der Waals surface area contributed by atoms with Gasteiger partial charge in [0.25, 0.3) is 5.91 Å². The molecule has 0 bridgehead atoms. The Morgan fingerprint density at radius 2 is 2.00 bits per heavy atom. The monoisotopic (exact) mass is 488 g/mol. The molecule has 1 saturated heterocycles. The van der Waals surface area contributed by atoms with Crippen LogP contribution >= 0.6 is 0 Å². The van der Waals surface area contributed by atoms with Crippen LogP contribution in [0.1, 0.15) is 28.5 Å². The number of amides is 1. The molecule has 0 aliphatic carbocycles. The second kappa shape index (κ2) is 10.6. The van der Waals surface area contributed by atoms with Gasteiger partial charge in [0.2, 0.25) is 0 Å². The van der Waals surface area contributed by atoms with Gasteiger partial charge >= 0.3 is 0 Å². The van der Waals surface area contributed by atoms with Gasteiger partial charge in [-0.3, -0.25) is 19.8 Å². The minimum atomic E-state index is -0.0721. The van der Waals surface area contributed by atoms with E-state index in [1.165, 1.54) is 11.1 Å². The maximum absolute atomic E-state index is 13.0. The molecule has 0 spiro atoms. The summed E-state index contributed by atoms with van der Waals surface area (Å²) in [6, 6.07) is 6.18. The zero-order chi connectivity index (χ0) is 25.1. The summed E-state index contributed by atoms with van der Waals surface area (Å²) >= 11 is 0. The van der Waals surface area contributed by atoms with Crippen LogP contribution in [0.4, 0.5) is 0 Å². The van der Waals surface area contributed by atoms with Gasteiger partial charge in [-0.25, -0.2) is 4.98 Å². The number of carbonyl (C=O) groups is 1. The van der Waals surface area contributed by atoms with Gasteiger partial charge in [-0.1, -0.05) is 13.0 Å². The van der Waals surface area contributed by atoms with Crippen LogP contribution in [0, 0.1) is 6.92 Å². The van der Waals surface area contributed by atoms with Gasteiger partial charge in [-0.15, -0.1) is 0 Å². The number of rotatable bonds is 8. The van der Waals surface area contributed by atoms with E-state index in [0.717, 1.165) is 48.2 Å². The molecule has 10 heteroatoms. The highest BCUT2D eigenvalue weighted by molar-refractivity contribution is 5.96. The van der Waals surface area contributed by atoms with Crippen molar-refractivity contribution < 1.29 is 9.90 Å². The van der Waals surface area contributed by atoms with Gasteiger partial charge in [0.05, 0.1) is 18.3 Å². The topological polar surface area (TPSA) is 126 Å². The first-order valence-electron chi connectivity index (χ1n) is 12.4. The van der Waals surface area contributed by atoms with Crippen molar-refractivity contribution in [2.45, 2.75) is 20.4 Å². The Balaban J connectivity index is 1.40. The van der Waals surface area contributed by atoms with E-state index < -0.39 is 0 Å². The number of H-pyrrole nitrogens is 2. The fraction of sp³-hybridized carbons (Fsp3) is 0.385. The second-order valence-corrected chi connectivity index (χ2v) is 9.09. The lowest BCUT2D eigenvalue weighted by molar-refractivity contribution is 0.0610. The second-order valence-electron chi connectivity index (χ2n) is 9.09. The van der Waals surface area contributed by atoms with Crippen molar-refractivity contribution in [1.29, 1.82) is 0 Å². The molecule has 0 radical (unpaired) electrons. The predicted octanol–water partition coefficient (Wildman–Crippen LogP) is 2.18. The van der Waals surface area contributed by atoms with Crippen molar-refractivity contribution in [2.24, 2.45) is 0 Å². The van der Waals surface area contributed by atoms with Gasteiger partial charge < -0.3 is 20.3 Å². The maximum Gasteiger partial charge on any atom is 0.272 e. The number of aliphatic hydroxyl groups is 1. The minimum Gasteiger partial charge on any atom is -0.395 e. The molecule has 0 unspecified atom stereocenters. The van der Waals surface area contributed by atoms with Crippen molar-refractivity contribution in [2.75, 3.05) is 45.9 Å². The molecule has 1 amide bonds. The number of piperazine rings is 1. The third-order valence-corrected chi connectivity index (χ3v) is 6.87. The molecule has 10 nitrogen and oxygen atoms in total. The molecule has 4 N–H and O–H groups in total. The number of hydrogen-bond acceptors (Lipinski definition) is 7. The highest BCUT2D eigenvalue weighted by atomic mass is 16.3. The smallest absolute Gasteiger partial charge is 0.272 e. The molecule has 1 fully saturated rings. The molecule has 4 heterocycles. The number of carbonyl (C=O) groups excluding carboxylic acids is 1. The summed E-state index contributed by atoms with van der Waals surface area (Å²) in [5.41, 5.74) is 6.52. The van der Waals surface area contributed by atoms with Crippen LogP contribution in [-0.2, 0) is 6.54 Å². The van der Waals surface area contributed by atoms with Crippen LogP contribution < -0.4 is 5.32 Å². The van der Waals surface area contributed by atoms with E-state index in [0.29, 0.717) is 36.8 Å². The number of hydrogen-bond donors (Lipinski definition) is 4. The summed E-state index contributed by atoms with van der Waals surface area (Å²) in [6.45, 7) is 9.43. The van der Waals surface area contributed by atoms with Gasteiger partial charge in [0.1, 0.15) is 11.4 Å². The molecule has 4 aromatic rings. The molecular weight excluding hydrogens is 456 g/mol. The first-order valence-corrected chi connectivity index (χ1v) is 12.4. The number of benzene rings is 1. The Morgan fingerprint density at radius 3 is 2.78 bits per heavy atom. The molecule has 0 atom stereocenters. The lowest BCUT2D eigenvalue weighted by atomic mass is 9.98. The number of aromatic amines is 2. The summed E-state index contributed by atoms with van der Waals surface area (Å²) in [7, 11) is 0. The highest BCUT2D eigenvalue weighted by Gasteiger charge is 2.24. The largest absolute Gasteiger partial charge is 0.395 e. The lowest BCUT2D eigenvalue weighted by Gasteiger charge is -2.34. The van der Waals surface area contributed by atoms with E-state index in [1.54, 1.807) is 6.20 Å². The van der Waals surface area contributed by atoms with Crippen molar-refractivity contribution in [3.8, 4) is 22.6 Å². The minimum absolute atomic E-state index is 0.0721.